The maximum Gasteiger partial charge on any atom is 0.331 e. The van der Waals surface area contributed by atoms with Gasteiger partial charge in [-0.15, -0.1) is 0 Å². The Morgan fingerprint density at radius 3 is 1.73 bits per heavy atom. The molecule has 1 aromatic carbocycles. The molecule has 0 amide bonds. The lowest BCUT2D eigenvalue weighted by molar-refractivity contribution is -0.349. The van der Waals surface area contributed by atoms with Crippen molar-refractivity contribution in [3.8, 4) is 0 Å². The first-order valence-electron chi connectivity index (χ1n) is 21.0. The molecule has 0 unspecified atom stereocenters. The van der Waals surface area contributed by atoms with Crippen LogP contribution in [0.1, 0.15) is 61.0 Å². The molecule has 0 radical (unpaired) electrons. The van der Waals surface area contributed by atoms with E-state index in [-0.39, 0.29) is 6.61 Å². The van der Waals surface area contributed by atoms with Crippen LogP contribution in [0.25, 0.3) is 6.08 Å². The molecule has 360 valence electrons. The van der Waals surface area contributed by atoms with Crippen molar-refractivity contribution in [2.45, 2.75) is 141 Å². The van der Waals surface area contributed by atoms with Crippen LogP contribution in [0.3, 0.4) is 0 Å². The zero-order chi connectivity index (χ0) is 48.0. The predicted octanol–water partition coefficient (Wildman–Crippen LogP) is 1.52. The highest BCUT2D eigenvalue weighted by atomic mass is 16.8. The standard InChI is InChI=1S/C44H52O22/c1-20-33(57-23(4)47)36(63-31(52)15-14-28-12-10-9-11-13-28)38(60-26(7)50)42(56-20)64-34-29-16-17-53-41(32(29)44(40(34)66-44)19-55-22(3)46)65-43-39(61-27(8)51)37(59-25(6)49)35(58-24(5)48)30(62-43)18-54-21(2)45/h9-17,20,29-30,32-43H,18-19H2,1-8H3/b15-14+/t20-,29+,30+,32+,33-,34-,35+,36+,37-,38+,39+,40-,41-,42-,43-,44+/m0/s1. The van der Waals surface area contributed by atoms with Crippen LogP contribution in [0, 0.1) is 11.8 Å². The Morgan fingerprint density at radius 2 is 1.14 bits per heavy atom. The van der Waals surface area contributed by atoms with E-state index in [9.17, 15) is 38.4 Å². The van der Waals surface area contributed by atoms with Crippen LogP contribution in [-0.2, 0) is 105 Å². The molecule has 22 nitrogen and oxygen atoms in total. The number of esters is 8. The highest BCUT2D eigenvalue weighted by molar-refractivity contribution is 5.87. The van der Waals surface area contributed by atoms with Crippen LogP contribution in [0.2, 0.25) is 0 Å². The van der Waals surface area contributed by atoms with E-state index in [1.165, 1.54) is 26.2 Å². The van der Waals surface area contributed by atoms with Crippen LogP contribution >= 0.6 is 0 Å². The van der Waals surface area contributed by atoms with Crippen molar-refractivity contribution in [2.75, 3.05) is 13.2 Å². The third-order valence-corrected chi connectivity index (χ3v) is 11.0. The first-order valence-corrected chi connectivity index (χ1v) is 21.0. The van der Waals surface area contributed by atoms with Crippen molar-refractivity contribution in [1.29, 1.82) is 0 Å². The maximum atomic E-state index is 13.4. The van der Waals surface area contributed by atoms with E-state index in [4.69, 9.17) is 66.3 Å². The molecule has 6 rings (SSSR count). The Bertz CT molecular complexity index is 2050. The molecule has 0 aromatic heterocycles. The van der Waals surface area contributed by atoms with E-state index in [0.717, 1.165) is 47.6 Å². The van der Waals surface area contributed by atoms with Gasteiger partial charge in [-0.3, -0.25) is 33.6 Å². The van der Waals surface area contributed by atoms with Gasteiger partial charge in [0, 0.05) is 60.5 Å². The van der Waals surface area contributed by atoms with E-state index >= 15 is 0 Å². The molecule has 1 aromatic rings. The highest BCUT2D eigenvalue weighted by Gasteiger charge is 2.78. The Labute approximate surface area is 378 Å². The maximum absolute atomic E-state index is 13.4. The molecule has 66 heavy (non-hydrogen) atoms. The summed E-state index contributed by atoms with van der Waals surface area (Å²) >= 11 is 0. The lowest BCUT2D eigenvalue weighted by atomic mass is 9.85. The van der Waals surface area contributed by atoms with Crippen LogP contribution < -0.4 is 0 Å². The predicted molar refractivity (Wildman–Crippen MR) is 214 cm³/mol. The van der Waals surface area contributed by atoms with Gasteiger partial charge in [-0.1, -0.05) is 30.3 Å². The number of carbonyl (C=O) groups is 8. The molecular weight excluding hydrogens is 880 g/mol. The van der Waals surface area contributed by atoms with Crippen molar-refractivity contribution in [2.24, 2.45) is 11.8 Å². The van der Waals surface area contributed by atoms with Crippen molar-refractivity contribution in [3.05, 3.63) is 54.3 Å². The van der Waals surface area contributed by atoms with Crippen LogP contribution in [0.5, 0.6) is 0 Å². The van der Waals surface area contributed by atoms with Gasteiger partial charge in [-0.05, 0) is 24.6 Å². The Kier molecular flexibility index (Phi) is 15.8. The second kappa shape index (κ2) is 21.1. The fourth-order valence-electron chi connectivity index (χ4n) is 8.57. The highest BCUT2D eigenvalue weighted by Crippen LogP contribution is 2.61. The molecule has 4 fully saturated rings. The van der Waals surface area contributed by atoms with Crippen molar-refractivity contribution >= 4 is 53.8 Å². The molecule has 4 aliphatic heterocycles. The number of ether oxygens (including phenoxy) is 14. The Hall–Kier alpha value is -5.94. The Balaban J connectivity index is 1.33. The summed E-state index contributed by atoms with van der Waals surface area (Å²) in [7, 11) is 0. The van der Waals surface area contributed by atoms with Crippen LogP contribution in [0.15, 0.2) is 48.7 Å². The van der Waals surface area contributed by atoms with E-state index in [1.54, 1.807) is 36.4 Å². The van der Waals surface area contributed by atoms with Gasteiger partial charge in [-0.2, -0.15) is 0 Å². The largest absolute Gasteiger partial charge is 0.472 e. The van der Waals surface area contributed by atoms with Gasteiger partial charge in [0.25, 0.3) is 0 Å². The summed E-state index contributed by atoms with van der Waals surface area (Å²) in [6.45, 7) is 8.43. The van der Waals surface area contributed by atoms with Crippen LogP contribution in [-0.4, -0.2) is 146 Å². The van der Waals surface area contributed by atoms with Crippen molar-refractivity contribution < 1.29 is 105 Å². The second-order valence-electron chi connectivity index (χ2n) is 16.0. The van der Waals surface area contributed by atoms with Gasteiger partial charge < -0.3 is 66.3 Å². The number of hydrogen-bond acceptors (Lipinski definition) is 22. The average Bonchev–Trinajstić information content (AvgIpc) is 3.90. The lowest BCUT2D eigenvalue weighted by Gasteiger charge is -2.46. The number of epoxide rings is 1. The molecule has 3 saturated heterocycles. The summed E-state index contributed by atoms with van der Waals surface area (Å²) in [5.74, 6) is -8.12. The number of benzene rings is 1. The number of hydrogen-bond donors (Lipinski definition) is 0. The molecule has 0 bridgehead atoms. The number of fused-ring (bicyclic) bond motifs is 3. The molecule has 1 saturated carbocycles. The zero-order valence-corrected chi connectivity index (χ0v) is 37.3. The average molecular weight is 933 g/mol. The van der Waals surface area contributed by atoms with Gasteiger partial charge in [0.2, 0.25) is 12.6 Å². The molecule has 0 N–H and O–H groups in total. The molecule has 5 aliphatic rings. The summed E-state index contributed by atoms with van der Waals surface area (Å²) in [4.78, 5) is 99.9. The fraction of sp³-hybridized carbons (Fsp3) is 0.591. The smallest absolute Gasteiger partial charge is 0.331 e. The van der Waals surface area contributed by atoms with Crippen molar-refractivity contribution in [1.82, 2.24) is 0 Å². The zero-order valence-electron chi connectivity index (χ0n) is 37.3. The monoisotopic (exact) mass is 932 g/mol. The summed E-state index contributed by atoms with van der Waals surface area (Å²) < 4.78 is 82.2. The van der Waals surface area contributed by atoms with E-state index in [1.807, 2.05) is 0 Å². The molecular formula is C44H52O22. The summed E-state index contributed by atoms with van der Waals surface area (Å²) in [5, 5.41) is 0. The minimum atomic E-state index is -1.69. The third-order valence-electron chi connectivity index (χ3n) is 11.0. The van der Waals surface area contributed by atoms with Gasteiger partial charge >= 0.3 is 47.8 Å². The van der Waals surface area contributed by atoms with E-state index < -0.39 is 152 Å². The first kappa shape index (κ1) is 49.5. The molecule has 22 heteroatoms. The normalized spacial score (nSPS) is 35.1. The minimum absolute atomic E-state index is 0.360. The summed E-state index contributed by atoms with van der Waals surface area (Å²) in [6.07, 6.45) is -12.3. The van der Waals surface area contributed by atoms with Gasteiger partial charge in [0.05, 0.1) is 24.4 Å². The quantitative estimate of drug-likeness (QED) is 0.0984. The van der Waals surface area contributed by atoms with Gasteiger partial charge in [-0.25, -0.2) is 4.79 Å². The third kappa shape index (κ3) is 11.7. The summed E-state index contributed by atoms with van der Waals surface area (Å²) in [6, 6.07) is 8.87. The van der Waals surface area contributed by atoms with Gasteiger partial charge in [0.1, 0.15) is 31.0 Å². The fourth-order valence-corrected chi connectivity index (χ4v) is 8.57. The van der Waals surface area contributed by atoms with Crippen molar-refractivity contribution in [3.63, 3.8) is 0 Å². The Morgan fingerprint density at radius 1 is 0.591 bits per heavy atom. The first-order chi connectivity index (χ1) is 31.3. The number of carbonyl (C=O) groups excluding carboxylic acids is 8. The number of rotatable bonds is 16. The molecule has 16 atom stereocenters. The summed E-state index contributed by atoms with van der Waals surface area (Å²) in [5.41, 5.74) is -0.720. The molecule has 1 aliphatic carbocycles. The second-order valence-corrected chi connectivity index (χ2v) is 16.0. The lowest BCUT2D eigenvalue weighted by Crippen LogP contribution is -2.64. The van der Waals surface area contributed by atoms with Crippen LogP contribution in [0.4, 0.5) is 0 Å². The molecule has 0 spiro atoms. The SMILES string of the molecule is CC(=O)OC[C@H]1O[C@@H](O[C@@H]2OC=C[C@H]3[C@H](O[C@@H]4O[C@@H](C)[C@H](OC(C)=O)[C@@H](OC(=O)/C=C/c5ccccc5)[C@H]4OC(C)=O)[C@@H]4O[C@]4(COC(C)=O)[C@@H]23)[C@H](OC(C)=O)[C@@H](OC(C)=O)[C@@H]1OC(C)=O. The van der Waals surface area contributed by atoms with Gasteiger partial charge in [0.15, 0.2) is 42.9 Å². The topological polar surface area (TPSA) is 269 Å². The van der Waals surface area contributed by atoms with E-state index in [0.29, 0.717) is 5.56 Å². The molecule has 4 heterocycles. The minimum Gasteiger partial charge on any atom is -0.472 e. The van der Waals surface area contributed by atoms with E-state index in [2.05, 4.69) is 0 Å².